The van der Waals surface area contributed by atoms with Crippen molar-refractivity contribution in [3.05, 3.63) is 34.5 Å². The molecule has 1 heterocycles. The quantitative estimate of drug-likeness (QED) is 0.671. The number of hydrogen-bond acceptors (Lipinski definition) is 1. The van der Waals surface area contributed by atoms with E-state index in [-0.39, 0.29) is 5.82 Å². The zero-order chi connectivity index (χ0) is 10.1. The van der Waals surface area contributed by atoms with Crippen LogP contribution in [0.3, 0.4) is 0 Å². The number of aryl methyl sites for hydroxylation is 1. The molecule has 0 nitrogen and oxygen atoms in total. The molecule has 0 fully saturated rings. The minimum absolute atomic E-state index is 0.140. The first-order valence-electron chi connectivity index (χ1n) is 4.50. The van der Waals surface area contributed by atoms with E-state index in [4.69, 9.17) is 11.6 Å². The number of benzene rings is 1. The van der Waals surface area contributed by atoms with Crippen LogP contribution in [-0.2, 0) is 12.3 Å². The Morgan fingerprint density at radius 2 is 2.14 bits per heavy atom. The highest BCUT2D eigenvalue weighted by molar-refractivity contribution is 7.17. The van der Waals surface area contributed by atoms with E-state index in [1.165, 1.54) is 16.9 Å². The molecule has 0 spiro atoms. The first kappa shape index (κ1) is 9.94. The van der Waals surface area contributed by atoms with Gasteiger partial charge in [0, 0.05) is 21.3 Å². The summed E-state index contributed by atoms with van der Waals surface area (Å²) in [6.07, 6.45) is 0.942. The van der Waals surface area contributed by atoms with Gasteiger partial charge < -0.3 is 0 Å². The fourth-order valence-corrected chi connectivity index (χ4v) is 2.68. The lowest BCUT2D eigenvalue weighted by molar-refractivity contribution is 0.644. The molecule has 0 saturated carbocycles. The van der Waals surface area contributed by atoms with Crippen molar-refractivity contribution in [3.8, 4) is 0 Å². The number of rotatable bonds is 2. The van der Waals surface area contributed by atoms with Crippen molar-refractivity contribution < 1.29 is 4.39 Å². The molecular formula is C11H10ClFS. The molecule has 0 aliphatic carbocycles. The number of alkyl halides is 1. The molecule has 2 aromatic rings. The van der Waals surface area contributed by atoms with Crippen LogP contribution in [0.25, 0.3) is 10.1 Å². The Balaban J connectivity index is 2.71. The molecule has 0 unspecified atom stereocenters. The zero-order valence-electron chi connectivity index (χ0n) is 7.81. The second-order valence-electron chi connectivity index (χ2n) is 3.19. The van der Waals surface area contributed by atoms with Crippen LogP contribution >= 0.6 is 22.9 Å². The maximum atomic E-state index is 13.3. The first-order valence-corrected chi connectivity index (χ1v) is 5.92. The van der Waals surface area contributed by atoms with Gasteiger partial charge in [0.1, 0.15) is 5.82 Å². The molecule has 0 bridgehead atoms. The van der Waals surface area contributed by atoms with E-state index in [9.17, 15) is 4.39 Å². The lowest BCUT2D eigenvalue weighted by atomic mass is 10.0. The molecule has 1 aromatic carbocycles. The summed E-state index contributed by atoms with van der Waals surface area (Å²) in [5.74, 6) is 0.313. The van der Waals surface area contributed by atoms with Crippen LogP contribution in [0.4, 0.5) is 4.39 Å². The molecule has 0 aliphatic heterocycles. The van der Waals surface area contributed by atoms with Gasteiger partial charge in [0.05, 0.1) is 0 Å². The third-order valence-electron chi connectivity index (χ3n) is 2.37. The Morgan fingerprint density at radius 1 is 1.36 bits per heavy atom. The third kappa shape index (κ3) is 1.53. The molecule has 14 heavy (non-hydrogen) atoms. The number of hydrogen-bond donors (Lipinski definition) is 0. The van der Waals surface area contributed by atoms with Gasteiger partial charge in [-0.25, -0.2) is 4.39 Å². The topological polar surface area (TPSA) is 0 Å². The minimum atomic E-state index is -0.140. The minimum Gasteiger partial charge on any atom is -0.205 e. The van der Waals surface area contributed by atoms with Crippen molar-refractivity contribution in [2.75, 3.05) is 0 Å². The Morgan fingerprint density at radius 3 is 2.79 bits per heavy atom. The van der Waals surface area contributed by atoms with E-state index in [0.717, 1.165) is 16.7 Å². The number of fused-ring (bicyclic) bond motifs is 1. The van der Waals surface area contributed by atoms with Gasteiger partial charge in [0.2, 0.25) is 0 Å². The summed E-state index contributed by atoms with van der Waals surface area (Å²) < 4.78 is 14.3. The van der Waals surface area contributed by atoms with Crippen LogP contribution in [0.15, 0.2) is 17.5 Å². The SMILES string of the molecule is CCc1cc2scc(F)c2cc1CCl. The van der Waals surface area contributed by atoms with Crippen molar-refractivity contribution >= 4 is 33.0 Å². The summed E-state index contributed by atoms with van der Waals surface area (Å²) in [6, 6.07) is 3.91. The Bertz CT molecular complexity index is 462. The van der Waals surface area contributed by atoms with Crippen molar-refractivity contribution in [2.45, 2.75) is 19.2 Å². The smallest absolute Gasteiger partial charge is 0.141 e. The summed E-state index contributed by atoms with van der Waals surface area (Å²) in [5.41, 5.74) is 2.26. The Kier molecular flexibility index (Phi) is 2.75. The summed E-state index contributed by atoms with van der Waals surface area (Å²) in [5, 5.41) is 2.24. The maximum Gasteiger partial charge on any atom is 0.141 e. The normalized spacial score (nSPS) is 11.1. The molecule has 0 amide bonds. The van der Waals surface area contributed by atoms with Crippen molar-refractivity contribution in [1.82, 2.24) is 0 Å². The molecule has 0 radical (unpaired) electrons. The second kappa shape index (κ2) is 3.87. The predicted molar refractivity (Wildman–Crippen MR) is 60.7 cm³/mol. The van der Waals surface area contributed by atoms with Gasteiger partial charge in [-0.15, -0.1) is 22.9 Å². The van der Waals surface area contributed by atoms with Crippen LogP contribution in [0.2, 0.25) is 0 Å². The van der Waals surface area contributed by atoms with Crippen LogP contribution in [-0.4, -0.2) is 0 Å². The molecule has 2 rings (SSSR count). The van der Waals surface area contributed by atoms with E-state index in [1.807, 2.05) is 12.1 Å². The molecule has 74 valence electrons. The molecule has 0 aliphatic rings. The van der Waals surface area contributed by atoms with Crippen LogP contribution in [0, 0.1) is 5.82 Å². The molecule has 0 atom stereocenters. The number of halogens is 2. The number of thiophene rings is 1. The Labute approximate surface area is 91.3 Å². The van der Waals surface area contributed by atoms with Gasteiger partial charge in [-0.2, -0.15) is 0 Å². The highest BCUT2D eigenvalue weighted by Gasteiger charge is 2.07. The molecule has 0 saturated heterocycles. The predicted octanol–water partition coefficient (Wildman–Crippen LogP) is 4.34. The van der Waals surface area contributed by atoms with E-state index in [2.05, 4.69) is 6.92 Å². The summed E-state index contributed by atoms with van der Waals surface area (Å²) in [7, 11) is 0. The van der Waals surface area contributed by atoms with Crippen molar-refractivity contribution in [1.29, 1.82) is 0 Å². The van der Waals surface area contributed by atoms with Crippen LogP contribution in [0.1, 0.15) is 18.1 Å². The average Bonchev–Trinajstić information content (AvgIpc) is 2.58. The van der Waals surface area contributed by atoms with Gasteiger partial charge in [0.25, 0.3) is 0 Å². The first-order chi connectivity index (χ1) is 6.76. The van der Waals surface area contributed by atoms with E-state index >= 15 is 0 Å². The third-order valence-corrected chi connectivity index (χ3v) is 3.58. The highest BCUT2D eigenvalue weighted by atomic mass is 35.5. The summed E-state index contributed by atoms with van der Waals surface area (Å²) in [4.78, 5) is 0. The zero-order valence-corrected chi connectivity index (χ0v) is 9.38. The second-order valence-corrected chi connectivity index (χ2v) is 4.37. The van der Waals surface area contributed by atoms with Gasteiger partial charge in [0.15, 0.2) is 0 Å². The van der Waals surface area contributed by atoms with Crippen LogP contribution in [0.5, 0.6) is 0 Å². The van der Waals surface area contributed by atoms with Crippen LogP contribution < -0.4 is 0 Å². The molecule has 3 heteroatoms. The monoisotopic (exact) mass is 228 g/mol. The van der Waals surface area contributed by atoms with E-state index < -0.39 is 0 Å². The molecule has 1 aromatic heterocycles. The highest BCUT2D eigenvalue weighted by Crippen LogP contribution is 2.28. The summed E-state index contributed by atoms with van der Waals surface area (Å²) in [6.45, 7) is 2.08. The van der Waals surface area contributed by atoms with Gasteiger partial charge in [-0.1, -0.05) is 6.92 Å². The largest absolute Gasteiger partial charge is 0.205 e. The lowest BCUT2D eigenvalue weighted by Crippen LogP contribution is -1.89. The van der Waals surface area contributed by atoms with E-state index in [0.29, 0.717) is 11.3 Å². The standard InChI is InChI=1S/C11H10ClFS/c1-2-7-4-11-9(3-8(7)5-12)10(13)6-14-11/h3-4,6H,2,5H2,1H3. The van der Waals surface area contributed by atoms with Gasteiger partial charge >= 0.3 is 0 Å². The Hall–Kier alpha value is -0.600. The van der Waals surface area contributed by atoms with E-state index in [1.54, 1.807) is 5.38 Å². The molecular weight excluding hydrogens is 219 g/mol. The molecule has 0 N–H and O–H groups in total. The maximum absolute atomic E-state index is 13.3. The van der Waals surface area contributed by atoms with Gasteiger partial charge in [-0.05, 0) is 29.7 Å². The van der Waals surface area contributed by atoms with Crippen molar-refractivity contribution in [3.63, 3.8) is 0 Å². The summed E-state index contributed by atoms with van der Waals surface area (Å²) >= 11 is 7.26. The van der Waals surface area contributed by atoms with Gasteiger partial charge in [-0.3, -0.25) is 0 Å². The van der Waals surface area contributed by atoms with Crippen molar-refractivity contribution in [2.24, 2.45) is 0 Å². The average molecular weight is 229 g/mol. The lowest BCUT2D eigenvalue weighted by Gasteiger charge is -2.04. The fraction of sp³-hybridized carbons (Fsp3) is 0.273. The fourth-order valence-electron chi connectivity index (χ4n) is 1.58.